The predicted molar refractivity (Wildman–Crippen MR) is 83.9 cm³/mol. The smallest absolute Gasteiger partial charge is 0.265 e. The van der Waals surface area contributed by atoms with Gasteiger partial charge in [0.15, 0.2) is 0 Å². The molecule has 6 heteroatoms. The third-order valence-corrected chi connectivity index (χ3v) is 5.00. The van der Waals surface area contributed by atoms with E-state index in [0.29, 0.717) is 6.42 Å². The van der Waals surface area contributed by atoms with Crippen molar-refractivity contribution in [2.75, 3.05) is 24.3 Å². The molecule has 0 saturated carbocycles. The average Bonchev–Trinajstić information content (AvgIpc) is 2.35. The van der Waals surface area contributed by atoms with E-state index in [1.807, 2.05) is 18.2 Å². The maximum absolute atomic E-state index is 11.3. The second-order valence-electron chi connectivity index (χ2n) is 6.13. The van der Waals surface area contributed by atoms with Crippen LogP contribution in [0.15, 0.2) is 18.2 Å². The minimum Gasteiger partial charge on any atom is -0.497 e. The Hall–Kier alpha value is -1.27. The first-order chi connectivity index (χ1) is 9.68. The van der Waals surface area contributed by atoms with Crippen molar-refractivity contribution in [1.82, 2.24) is 0 Å². The molecule has 5 nitrogen and oxygen atoms in total. The summed E-state index contributed by atoms with van der Waals surface area (Å²) in [7, 11) is -2.39. The van der Waals surface area contributed by atoms with Gasteiger partial charge in [-0.25, -0.2) is 0 Å². The predicted octanol–water partition coefficient (Wildman–Crippen LogP) is 2.68. The molecule has 1 heterocycles. The molecule has 0 spiro atoms. The molecule has 0 saturated heterocycles. The van der Waals surface area contributed by atoms with Crippen LogP contribution in [0.1, 0.15) is 38.7 Å². The summed E-state index contributed by atoms with van der Waals surface area (Å²) in [6.45, 7) is 7.09. The standard InChI is InChI=1S/C15H23NO4S/c1-5-16-14-8-12(20-4)6-7-13(14)11(9-15(16,2)3)10-21(17,18)19/h6-8,11H,5,9-10H2,1-4H3,(H,17,18,19). The highest BCUT2D eigenvalue weighted by molar-refractivity contribution is 7.85. The maximum Gasteiger partial charge on any atom is 0.265 e. The summed E-state index contributed by atoms with van der Waals surface area (Å²) in [5.41, 5.74) is 1.76. The van der Waals surface area contributed by atoms with E-state index in [2.05, 4.69) is 25.7 Å². The van der Waals surface area contributed by atoms with Crippen LogP contribution in [0.5, 0.6) is 5.75 Å². The highest BCUT2D eigenvalue weighted by atomic mass is 32.2. The summed E-state index contributed by atoms with van der Waals surface area (Å²) in [5, 5.41) is 0. The van der Waals surface area contributed by atoms with Crippen LogP contribution in [0.25, 0.3) is 0 Å². The summed E-state index contributed by atoms with van der Waals surface area (Å²) < 4.78 is 37.1. The summed E-state index contributed by atoms with van der Waals surface area (Å²) in [5.74, 6) is 0.294. The van der Waals surface area contributed by atoms with E-state index >= 15 is 0 Å². The third-order valence-electron chi connectivity index (χ3n) is 4.17. The Morgan fingerprint density at radius 3 is 2.62 bits per heavy atom. The molecule has 1 N–H and O–H groups in total. The lowest BCUT2D eigenvalue weighted by Gasteiger charge is -2.47. The molecule has 1 unspecified atom stereocenters. The van der Waals surface area contributed by atoms with Gasteiger partial charge in [0.05, 0.1) is 12.9 Å². The van der Waals surface area contributed by atoms with E-state index in [1.54, 1.807) is 7.11 Å². The molecule has 1 aromatic carbocycles. The Bertz CT molecular complexity index is 625. The van der Waals surface area contributed by atoms with Crippen LogP contribution in [-0.4, -0.2) is 37.9 Å². The fourth-order valence-corrected chi connectivity index (χ4v) is 4.19. The van der Waals surface area contributed by atoms with Crippen molar-refractivity contribution in [1.29, 1.82) is 0 Å². The van der Waals surface area contributed by atoms with E-state index in [0.717, 1.165) is 23.5 Å². The van der Waals surface area contributed by atoms with Gasteiger partial charge in [-0.1, -0.05) is 6.07 Å². The highest BCUT2D eigenvalue weighted by Crippen LogP contribution is 2.45. The summed E-state index contributed by atoms with van der Waals surface area (Å²) in [6.07, 6.45) is 0.681. The lowest BCUT2D eigenvalue weighted by atomic mass is 9.80. The number of hydrogen-bond acceptors (Lipinski definition) is 4. The summed E-state index contributed by atoms with van der Waals surface area (Å²) in [6, 6.07) is 5.68. The van der Waals surface area contributed by atoms with Crippen molar-refractivity contribution < 1.29 is 17.7 Å². The number of hydrogen-bond donors (Lipinski definition) is 1. The minimum atomic E-state index is -4.01. The molecular formula is C15H23NO4S. The minimum absolute atomic E-state index is 0.177. The van der Waals surface area contributed by atoms with E-state index in [1.165, 1.54) is 0 Å². The van der Waals surface area contributed by atoms with Gasteiger partial charge in [0.25, 0.3) is 10.1 Å². The van der Waals surface area contributed by atoms with Crippen molar-refractivity contribution in [3.8, 4) is 5.75 Å². The molecule has 0 fully saturated rings. The van der Waals surface area contributed by atoms with E-state index < -0.39 is 10.1 Å². The molecule has 1 aliphatic heterocycles. The highest BCUT2D eigenvalue weighted by Gasteiger charge is 2.38. The SMILES string of the molecule is CCN1c2cc(OC)ccc2C(CS(=O)(=O)O)CC1(C)C. The number of ether oxygens (including phenoxy) is 1. The number of benzene rings is 1. The summed E-state index contributed by atoms with van der Waals surface area (Å²) >= 11 is 0. The molecule has 0 radical (unpaired) electrons. The monoisotopic (exact) mass is 313 g/mol. The molecule has 0 bridgehead atoms. The second kappa shape index (κ2) is 5.50. The van der Waals surface area contributed by atoms with Crippen LogP contribution in [0, 0.1) is 0 Å². The fraction of sp³-hybridized carbons (Fsp3) is 0.600. The molecule has 2 rings (SSSR count). The lowest BCUT2D eigenvalue weighted by molar-refractivity contribution is 0.373. The van der Waals surface area contributed by atoms with Crippen LogP contribution in [0.4, 0.5) is 5.69 Å². The molecule has 1 atom stereocenters. The molecule has 21 heavy (non-hydrogen) atoms. The number of rotatable bonds is 4. The van der Waals surface area contributed by atoms with Gasteiger partial charge in [-0.15, -0.1) is 0 Å². The molecule has 0 aromatic heterocycles. The van der Waals surface area contributed by atoms with Crippen LogP contribution in [0.3, 0.4) is 0 Å². The van der Waals surface area contributed by atoms with Crippen molar-refractivity contribution in [3.05, 3.63) is 23.8 Å². The topological polar surface area (TPSA) is 66.8 Å². The van der Waals surface area contributed by atoms with Crippen molar-refractivity contribution in [3.63, 3.8) is 0 Å². The lowest BCUT2D eigenvalue weighted by Crippen LogP contribution is -2.49. The van der Waals surface area contributed by atoms with Gasteiger partial charge in [0.1, 0.15) is 5.75 Å². The largest absolute Gasteiger partial charge is 0.497 e. The average molecular weight is 313 g/mol. The Balaban J connectivity index is 2.54. The molecule has 118 valence electrons. The van der Waals surface area contributed by atoms with Gasteiger partial charge in [0.2, 0.25) is 0 Å². The van der Waals surface area contributed by atoms with Crippen LogP contribution >= 0.6 is 0 Å². The van der Waals surface area contributed by atoms with Crippen LogP contribution in [-0.2, 0) is 10.1 Å². The first-order valence-corrected chi connectivity index (χ1v) is 8.69. The van der Waals surface area contributed by atoms with Crippen molar-refractivity contribution >= 4 is 15.8 Å². The van der Waals surface area contributed by atoms with Gasteiger partial charge in [0, 0.05) is 29.8 Å². The normalized spacial score (nSPS) is 21.0. The quantitative estimate of drug-likeness (QED) is 0.866. The molecular weight excluding hydrogens is 290 g/mol. The first kappa shape index (κ1) is 16.1. The van der Waals surface area contributed by atoms with E-state index in [4.69, 9.17) is 4.74 Å². The Labute approximate surface area is 126 Å². The zero-order valence-corrected chi connectivity index (χ0v) is 13.8. The van der Waals surface area contributed by atoms with Crippen LogP contribution in [0.2, 0.25) is 0 Å². The fourth-order valence-electron chi connectivity index (χ4n) is 3.38. The number of methoxy groups -OCH3 is 1. The van der Waals surface area contributed by atoms with Gasteiger partial charge in [-0.2, -0.15) is 8.42 Å². The van der Waals surface area contributed by atoms with E-state index in [9.17, 15) is 13.0 Å². The number of fused-ring (bicyclic) bond motifs is 1. The van der Waals surface area contributed by atoms with Gasteiger partial charge in [-0.3, -0.25) is 4.55 Å². The molecule has 0 aliphatic carbocycles. The van der Waals surface area contributed by atoms with Gasteiger partial charge < -0.3 is 9.64 Å². The Morgan fingerprint density at radius 2 is 2.10 bits per heavy atom. The van der Waals surface area contributed by atoms with Crippen molar-refractivity contribution in [2.24, 2.45) is 0 Å². The third kappa shape index (κ3) is 3.32. The number of anilines is 1. The number of nitrogens with zero attached hydrogens (tertiary/aromatic N) is 1. The van der Waals surface area contributed by atoms with Gasteiger partial charge in [-0.05, 0) is 38.8 Å². The van der Waals surface area contributed by atoms with Gasteiger partial charge >= 0.3 is 0 Å². The van der Waals surface area contributed by atoms with Crippen LogP contribution < -0.4 is 9.64 Å². The Morgan fingerprint density at radius 1 is 1.43 bits per heavy atom. The molecule has 1 aromatic rings. The summed E-state index contributed by atoms with van der Waals surface area (Å²) in [4.78, 5) is 2.26. The second-order valence-corrected chi connectivity index (χ2v) is 7.63. The maximum atomic E-state index is 11.3. The zero-order valence-electron chi connectivity index (χ0n) is 13.0. The van der Waals surface area contributed by atoms with E-state index in [-0.39, 0.29) is 17.2 Å². The molecule has 1 aliphatic rings. The molecule has 0 amide bonds. The zero-order chi connectivity index (χ0) is 15.8. The van der Waals surface area contributed by atoms with Crippen molar-refractivity contribution in [2.45, 2.75) is 38.6 Å². The first-order valence-electron chi connectivity index (χ1n) is 7.08. The Kier molecular flexibility index (Phi) is 4.22.